The lowest BCUT2D eigenvalue weighted by atomic mass is 10.0. The molecule has 7 heteroatoms. The molecule has 1 saturated heterocycles. The summed E-state index contributed by atoms with van der Waals surface area (Å²) in [4.78, 5) is 26.2. The molecule has 5 rings (SSSR count). The van der Waals surface area contributed by atoms with E-state index in [0.717, 1.165) is 48.4 Å². The molecule has 0 unspecified atom stereocenters. The van der Waals surface area contributed by atoms with E-state index in [2.05, 4.69) is 42.2 Å². The van der Waals surface area contributed by atoms with E-state index >= 15 is 0 Å². The van der Waals surface area contributed by atoms with E-state index in [1.165, 1.54) is 5.56 Å². The number of anilines is 1. The van der Waals surface area contributed by atoms with Crippen LogP contribution in [0, 0.1) is 18.3 Å². The molecule has 4 aromatic rings. The van der Waals surface area contributed by atoms with Crippen molar-refractivity contribution in [3.63, 3.8) is 0 Å². The number of amides is 2. The van der Waals surface area contributed by atoms with Crippen LogP contribution in [0.5, 0.6) is 0 Å². The first kappa shape index (κ1) is 20.7. The third-order valence-corrected chi connectivity index (χ3v) is 6.12. The van der Waals surface area contributed by atoms with Gasteiger partial charge in [0.25, 0.3) is 0 Å². The zero-order chi connectivity index (χ0) is 22.9. The number of urea groups is 1. The Hall–Kier alpha value is -4.18. The molecule has 0 saturated carbocycles. The highest BCUT2D eigenvalue weighted by Crippen LogP contribution is 2.35. The number of rotatable bonds is 3. The first-order valence-corrected chi connectivity index (χ1v) is 11.0. The lowest BCUT2D eigenvalue weighted by Gasteiger charge is -2.25. The fourth-order valence-corrected chi connectivity index (χ4v) is 4.30. The second-order valence-corrected chi connectivity index (χ2v) is 8.34. The van der Waals surface area contributed by atoms with Gasteiger partial charge in [-0.1, -0.05) is 42.0 Å². The standard InChI is InChI=1S/C26H24N6O/c1-18-5-9-21(10-6-18)23-22(20-11-7-19(17-27)8-12-20)29-25(24-28-13-16-32(23)24)30(2)26(33)31-14-3-4-15-31/h5-13,16H,3-4,14-15H2,1-2H3. The number of fused-ring (bicyclic) bond motifs is 1. The number of carbonyl (C=O) groups excluding carboxylic acids is 1. The van der Waals surface area contributed by atoms with Crippen LogP contribution in [0.15, 0.2) is 60.9 Å². The van der Waals surface area contributed by atoms with E-state index < -0.39 is 0 Å². The molecule has 1 fully saturated rings. The molecular formula is C26H24N6O. The quantitative estimate of drug-likeness (QED) is 0.458. The van der Waals surface area contributed by atoms with Crippen LogP contribution in [0.25, 0.3) is 28.2 Å². The van der Waals surface area contributed by atoms with Crippen molar-refractivity contribution in [2.45, 2.75) is 19.8 Å². The van der Waals surface area contributed by atoms with Crippen molar-refractivity contribution >= 4 is 17.5 Å². The fourth-order valence-electron chi connectivity index (χ4n) is 4.30. The summed E-state index contributed by atoms with van der Waals surface area (Å²) in [6.07, 6.45) is 5.68. The Labute approximate surface area is 192 Å². The normalized spacial score (nSPS) is 13.3. The van der Waals surface area contributed by atoms with Gasteiger partial charge in [0.05, 0.1) is 23.0 Å². The molecule has 0 radical (unpaired) electrons. The summed E-state index contributed by atoms with van der Waals surface area (Å²) < 4.78 is 1.99. The highest BCUT2D eigenvalue weighted by molar-refractivity contribution is 5.95. The van der Waals surface area contributed by atoms with Crippen molar-refractivity contribution in [1.29, 1.82) is 5.26 Å². The summed E-state index contributed by atoms with van der Waals surface area (Å²) in [7, 11) is 1.76. The third-order valence-electron chi connectivity index (χ3n) is 6.12. The second-order valence-electron chi connectivity index (χ2n) is 8.34. The highest BCUT2D eigenvalue weighted by atomic mass is 16.2. The smallest absolute Gasteiger partial charge is 0.324 e. The summed E-state index contributed by atoms with van der Waals surface area (Å²) in [6.45, 7) is 3.58. The molecular weight excluding hydrogens is 412 g/mol. The van der Waals surface area contributed by atoms with Gasteiger partial charge >= 0.3 is 6.03 Å². The number of likely N-dealkylation sites (tertiary alicyclic amines) is 1. The molecule has 0 spiro atoms. The number of hydrogen-bond donors (Lipinski definition) is 0. The Bertz CT molecular complexity index is 1360. The zero-order valence-electron chi connectivity index (χ0n) is 18.7. The topological polar surface area (TPSA) is 77.5 Å². The molecule has 33 heavy (non-hydrogen) atoms. The zero-order valence-corrected chi connectivity index (χ0v) is 18.7. The predicted octanol–water partition coefficient (Wildman–Crippen LogP) is 4.90. The highest BCUT2D eigenvalue weighted by Gasteiger charge is 2.27. The molecule has 0 atom stereocenters. The molecule has 0 N–H and O–H groups in total. The molecule has 2 aromatic carbocycles. The summed E-state index contributed by atoms with van der Waals surface area (Å²) in [6, 6.07) is 17.7. The van der Waals surface area contributed by atoms with E-state index in [0.29, 0.717) is 17.0 Å². The molecule has 164 valence electrons. The SMILES string of the molecule is Cc1ccc(-c2c(-c3ccc(C#N)cc3)nc(N(C)C(=O)N3CCCC3)c3nccn23)cc1. The summed E-state index contributed by atoms with van der Waals surface area (Å²) in [5.74, 6) is 0.507. The minimum Gasteiger partial charge on any atom is -0.324 e. The van der Waals surface area contributed by atoms with Gasteiger partial charge in [-0.05, 0) is 31.9 Å². The van der Waals surface area contributed by atoms with Crippen molar-refractivity contribution in [3.05, 3.63) is 72.1 Å². The van der Waals surface area contributed by atoms with Crippen molar-refractivity contribution in [3.8, 4) is 28.6 Å². The largest absolute Gasteiger partial charge is 0.325 e. The van der Waals surface area contributed by atoms with Crippen LogP contribution in [0.1, 0.15) is 24.0 Å². The van der Waals surface area contributed by atoms with E-state index in [-0.39, 0.29) is 6.03 Å². The monoisotopic (exact) mass is 436 g/mol. The van der Waals surface area contributed by atoms with E-state index in [4.69, 9.17) is 4.98 Å². The fraction of sp³-hybridized carbons (Fsp3) is 0.231. The molecule has 2 amide bonds. The lowest BCUT2D eigenvalue weighted by Crippen LogP contribution is -2.40. The Morgan fingerprint density at radius 3 is 2.36 bits per heavy atom. The van der Waals surface area contributed by atoms with Gasteiger partial charge in [-0.15, -0.1) is 0 Å². The summed E-state index contributed by atoms with van der Waals surface area (Å²) in [5.41, 5.74) is 5.85. The van der Waals surface area contributed by atoms with Crippen LogP contribution in [0.3, 0.4) is 0 Å². The third kappa shape index (κ3) is 3.70. The number of nitrogens with zero attached hydrogens (tertiary/aromatic N) is 6. The molecule has 7 nitrogen and oxygen atoms in total. The van der Waals surface area contributed by atoms with Gasteiger partial charge in [0.2, 0.25) is 0 Å². The van der Waals surface area contributed by atoms with E-state index in [9.17, 15) is 10.1 Å². The van der Waals surface area contributed by atoms with Crippen molar-refractivity contribution in [2.75, 3.05) is 25.0 Å². The van der Waals surface area contributed by atoms with Crippen LogP contribution in [0.4, 0.5) is 10.6 Å². The lowest BCUT2D eigenvalue weighted by molar-refractivity contribution is 0.216. The van der Waals surface area contributed by atoms with Crippen LogP contribution in [0.2, 0.25) is 0 Å². The number of carbonyl (C=O) groups is 1. The van der Waals surface area contributed by atoms with Crippen LogP contribution in [-0.2, 0) is 0 Å². The molecule has 1 aliphatic heterocycles. The van der Waals surface area contributed by atoms with Crippen molar-refractivity contribution in [1.82, 2.24) is 19.3 Å². The van der Waals surface area contributed by atoms with Crippen LogP contribution < -0.4 is 4.90 Å². The van der Waals surface area contributed by atoms with Gasteiger partial charge in [-0.3, -0.25) is 9.30 Å². The van der Waals surface area contributed by atoms with Gasteiger partial charge in [0.15, 0.2) is 11.5 Å². The number of hydrogen-bond acceptors (Lipinski definition) is 4. The molecule has 1 aliphatic rings. The maximum Gasteiger partial charge on any atom is 0.325 e. The Kier molecular flexibility index (Phi) is 5.27. The molecule has 0 aliphatic carbocycles. The van der Waals surface area contributed by atoms with Crippen LogP contribution >= 0.6 is 0 Å². The first-order valence-electron chi connectivity index (χ1n) is 11.0. The maximum atomic E-state index is 13.2. The average molecular weight is 437 g/mol. The average Bonchev–Trinajstić information content (AvgIpc) is 3.55. The first-order chi connectivity index (χ1) is 16.1. The van der Waals surface area contributed by atoms with E-state index in [1.807, 2.05) is 27.6 Å². The number of aryl methyl sites for hydroxylation is 1. The summed E-state index contributed by atoms with van der Waals surface area (Å²) >= 11 is 0. The van der Waals surface area contributed by atoms with Gasteiger partial charge in [-0.2, -0.15) is 5.26 Å². The van der Waals surface area contributed by atoms with Crippen molar-refractivity contribution < 1.29 is 4.79 Å². The summed E-state index contributed by atoms with van der Waals surface area (Å²) in [5, 5.41) is 9.23. The predicted molar refractivity (Wildman–Crippen MR) is 128 cm³/mol. The van der Waals surface area contributed by atoms with Gasteiger partial charge < -0.3 is 4.90 Å². The van der Waals surface area contributed by atoms with Gasteiger partial charge in [-0.25, -0.2) is 14.8 Å². The van der Waals surface area contributed by atoms with Gasteiger partial charge in [0, 0.05) is 43.7 Å². The molecule has 2 aromatic heterocycles. The Morgan fingerprint density at radius 2 is 1.70 bits per heavy atom. The minimum absolute atomic E-state index is 0.0706. The number of nitriles is 1. The molecule has 0 bridgehead atoms. The number of imidazole rings is 1. The Morgan fingerprint density at radius 1 is 1.03 bits per heavy atom. The number of benzene rings is 2. The van der Waals surface area contributed by atoms with E-state index in [1.54, 1.807) is 30.3 Å². The Balaban J connectivity index is 1.74. The van der Waals surface area contributed by atoms with Crippen molar-refractivity contribution in [2.24, 2.45) is 0 Å². The molecule has 3 heterocycles. The minimum atomic E-state index is -0.0706. The number of aromatic nitrogens is 3. The maximum absolute atomic E-state index is 13.2. The van der Waals surface area contributed by atoms with Crippen LogP contribution in [-0.4, -0.2) is 45.4 Å². The second kappa shape index (κ2) is 8.40. The van der Waals surface area contributed by atoms with Gasteiger partial charge in [0.1, 0.15) is 0 Å².